The highest BCUT2D eigenvalue weighted by molar-refractivity contribution is 5.92. The highest BCUT2D eigenvalue weighted by Gasteiger charge is 2.26. The van der Waals surface area contributed by atoms with E-state index < -0.39 is 17.9 Å². The molecule has 0 amide bonds. The van der Waals surface area contributed by atoms with Crippen LogP contribution in [-0.2, 0) is 4.74 Å². The summed E-state index contributed by atoms with van der Waals surface area (Å²) < 4.78 is 44.8. The number of hydrogen-bond donors (Lipinski definition) is 1. The molecule has 1 fully saturated rings. The quantitative estimate of drug-likeness (QED) is 0.226. The summed E-state index contributed by atoms with van der Waals surface area (Å²) >= 11 is 0. The summed E-state index contributed by atoms with van der Waals surface area (Å²) in [5.74, 6) is -1.96. The lowest BCUT2D eigenvalue weighted by atomic mass is 10.1. The molecule has 1 aliphatic rings. The number of nitrogens with zero attached hydrogens (tertiary/aromatic N) is 1. The number of carbonyl (C=O) groups is 1. The van der Waals surface area contributed by atoms with E-state index in [0.29, 0.717) is 23.7 Å². The molecule has 6 nitrogen and oxygen atoms in total. The Morgan fingerprint density at radius 1 is 1.05 bits per heavy atom. The van der Waals surface area contributed by atoms with Gasteiger partial charge in [0.1, 0.15) is 29.9 Å². The Morgan fingerprint density at radius 2 is 1.87 bits per heavy atom. The lowest BCUT2D eigenvalue weighted by molar-refractivity contribution is 0.0122. The average molecular weight is 532 g/mol. The molecular formula is C31H27F2NO5. The Morgan fingerprint density at radius 3 is 2.64 bits per heavy atom. The maximum atomic E-state index is 13.9. The fraction of sp³-hybridized carbons (Fsp3) is 0.226. The van der Waals surface area contributed by atoms with Crippen LogP contribution >= 0.6 is 0 Å². The van der Waals surface area contributed by atoms with E-state index in [1.54, 1.807) is 6.07 Å². The van der Waals surface area contributed by atoms with Crippen LogP contribution in [0.3, 0.4) is 0 Å². The third-order valence-corrected chi connectivity index (χ3v) is 6.48. The molecule has 1 heterocycles. The van der Waals surface area contributed by atoms with Crippen molar-refractivity contribution in [1.29, 1.82) is 0 Å². The molecule has 1 aromatic heterocycles. The number of halogens is 2. The summed E-state index contributed by atoms with van der Waals surface area (Å²) in [6.45, 7) is 0.554. The number of aromatic carboxylic acids is 1. The third-order valence-electron chi connectivity index (χ3n) is 6.48. The first kappa shape index (κ1) is 26.3. The monoisotopic (exact) mass is 531 g/mol. The van der Waals surface area contributed by atoms with Crippen molar-refractivity contribution in [3.63, 3.8) is 0 Å². The smallest absolute Gasteiger partial charge is 0.339 e. The van der Waals surface area contributed by atoms with Gasteiger partial charge in [-0.15, -0.1) is 0 Å². The van der Waals surface area contributed by atoms with E-state index in [1.165, 1.54) is 19.2 Å². The standard InChI is InChI=1S/C31H27F2NO5/c1-37-28-16-24(33)14-26(31(35)36)30(28)39-18-29(38-17-20-5-6-20)22-4-2-3-19(13-22)7-11-25-12-9-21-8-10-23(32)15-27(21)34-25/h2-4,7-16,20,29H,5-6,17-18H2,1H3,(H,35,36)/b11-7+/t29-/m0/s1. The molecular weight excluding hydrogens is 504 g/mol. The number of hydrogen-bond acceptors (Lipinski definition) is 5. The second kappa shape index (κ2) is 11.6. The molecule has 5 rings (SSSR count). The molecule has 8 heteroatoms. The van der Waals surface area contributed by atoms with Gasteiger partial charge in [-0.3, -0.25) is 0 Å². The summed E-state index contributed by atoms with van der Waals surface area (Å²) in [5, 5.41) is 10.4. The lowest BCUT2D eigenvalue weighted by Crippen LogP contribution is -2.17. The molecule has 0 unspecified atom stereocenters. The zero-order valence-electron chi connectivity index (χ0n) is 21.3. The van der Waals surface area contributed by atoms with Crippen molar-refractivity contribution in [2.45, 2.75) is 18.9 Å². The normalized spacial score (nSPS) is 14.0. The van der Waals surface area contributed by atoms with Gasteiger partial charge in [0, 0.05) is 17.5 Å². The van der Waals surface area contributed by atoms with E-state index in [-0.39, 0.29) is 29.5 Å². The van der Waals surface area contributed by atoms with E-state index in [0.717, 1.165) is 41.5 Å². The van der Waals surface area contributed by atoms with Crippen molar-refractivity contribution in [3.05, 3.63) is 101 Å². The van der Waals surface area contributed by atoms with Crippen LogP contribution in [0.2, 0.25) is 0 Å². The van der Waals surface area contributed by atoms with Gasteiger partial charge in [0.05, 0.1) is 24.9 Å². The SMILES string of the molecule is COc1cc(F)cc(C(=O)O)c1OC[C@H](OCC1CC1)c1cccc(/C=C/c2ccc3ccc(F)cc3n2)c1. The second-order valence-electron chi connectivity index (χ2n) is 9.44. The number of fused-ring (bicyclic) bond motifs is 1. The Labute approximate surface area is 224 Å². The summed E-state index contributed by atoms with van der Waals surface area (Å²) in [5.41, 5.74) is 2.66. The molecule has 0 radical (unpaired) electrons. The number of methoxy groups -OCH3 is 1. The van der Waals surface area contributed by atoms with Crippen molar-refractivity contribution in [3.8, 4) is 11.5 Å². The fourth-order valence-corrected chi connectivity index (χ4v) is 4.21. The number of carboxylic acids is 1. The van der Waals surface area contributed by atoms with Crippen LogP contribution < -0.4 is 9.47 Å². The van der Waals surface area contributed by atoms with Crippen molar-refractivity contribution in [2.24, 2.45) is 5.92 Å². The van der Waals surface area contributed by atoms with Gasteiger partial charge in [-0.25, -0.2) is 18.6 Å². The molecule has 3 aromatic carbocycles. The van der Waals surface area contributed by atoms with Gasteiger partial charge in [0.25, 0.3) is 0 Å². The van der Waals surface area contributed by atoms with Crippen LogP contribution in [0.15, 0.2) is 66.7 Å². The van der Waals surface area contributed by atoms with Gasteiger partial charge in [-0.1, -0.05) is 30.3 Å². The van der Waals surface area contributed by atoms with E-state index in [1.807, 2.05) is 48.6 Å². The summed E-state index contributed by atoms with van der Waals surface area (Å²) in [6.07, 6.45) is 5.46. The molecule has 0 bridgehead atoms. The number of ether oxygens (including phenoxy) is 3. The van der Waals surface area contributed by atoms with E-state index in [4.69, 9.17) is 14.2 Å². The first-order valence-electron chi connectivity index (χ1n) is 12.6. The predicted octanol–water partition coefficient (Wildman–Crippen LogP) is 6.94. The maximum Gasteiger partial charge on any atom is 0.339 e. The minimum Gasteiger partial charge on any atom is -0.493 e. The van der Waals surface area contributed by atoms with Crippen LogP contribution in [0.5, 0.6) is 11.5 Å². The number of pyridine rings is 1. The van der Waals surface area contributed by atoms with Gasteiger partial charge in [-0.2, -0.15) is 0 Å². The zero-order chi connectivity index (χ0) is 27.4. The zero-order valence-corrected chi connectivity index (χ0v) is 21.3. The molecule has 1 aliphatic carbocycles. The number of benzene rings is 3. The fourth-order valence-electron chi connectivity index (χ4n) is 4.21. The summed E-state index contributed by atoms with van der Waals surface area (Å²) in [4.78, 5) is 16.3. The number of aromatic nitrogens is 1. The highest BCUT2D eigenvalue weighted by atomic mass is 19.1. The van der Waals surface area contributed by atoms with Crippen LogP contribution in [0.1, 0.15) is 46.1 Å². The number of rotatable bonds is 11. The molecule has 1 atom stereocenters. The topological polar surface area (TPSA) is 77.9 Å². The van der Waals surface area contributed by atoms with E-state index in [2.05, 4.69) is 4.98 Å². The van der Waals surface area contributed by atoms with Crippen LogP contribution in [0, 0.1) is 17.6 Å². The van der Waals surface area contributed by atoms with Crippen molar-refractivity contribution < 1.29 is 32.9 Å². The molecule has 39 heavy (non-hydrogen) atoms. The number of carboxylic acid groups (broad SMARTS) is 1. The van der Waals surface area contributed by atoms with Gasteiger partial charge in [0.2, 0.25) is 0 Å². The lowest BCUT2D eigenvalue weighted by Gasteiger charge is -2.21. The van der Waals surface area contributed by atoms with Crippen molar-refractivity contribution in [2.75, 3.05) is 20.3 Å². The third kappa shape index (κ3) is 6.59. The van der Waals surface area contributed by atoms with Gasteiger partial charge in [-0.05, 0) is 66.3 Å². The van der Waals surface area contributed by atoms with Gasteiger partial charge < -0.3 is 19.3 Å². The second-order valence-corrected chi connectivity index (χ2v) is 9.44. The minimum absolute atomic E-state index is 0.0000454. The molecule has 1 saturated carbocycles. The average Bonchev–Trinajstić information content (AvgIpc) is 3.76. The maximum absolute atomic E-state index is 13.9. The van der Waals surface area contributed by atoms with Crippen LogP contribution in [-0.4, -0.2) is 36.4 Å². The van der Waals surface area contributed by atoms with Gasteiger partial charge in [0.15, 0.2) is 11.5 Å². The van der Waals surface area contributed by atoms with E-state index in [9.17, 15) is 18.7 Å². The Hall–Kier alpha value is -4.30. The Bertz CT molecular complexity index is 1530. The summed E-state index contributed by atoms with van der Waals surface area (Å²) in [7, 11) is 1.32. The van der Waals surface area contributed by atoms with Crippen LogP contribution in [0.4, 0.5) is 8.78 Å². The molecule has 0 aliphatic heterocycles. The predicted molar refractivity (Wildman–Crippen MR) is 144 cm³/mol. The van der Waals surface area contributed by atoms with E-state index >= 15 is 0 Å². The van der Waals surface area contributed by atoms with Crippen molar-refractivity contribution in [1.82, 2.24) is 4.98 Å². The highest BCUT2D eigenvalue weighted by Crippen LogP contribution is 2.35. The first-order chi connectivity index (χ1) is 18.9. The largest absolute Gasteiger partial charge is 0.493 e. The molecule has 4 aromatic rings. The Balaban J connectivity index is 1.37. The van der Waals surface area contributed by atoms with Crippen molar-refractivity contribution >= 4 is 29.0 Å². The Kier molecular flexibility index (Phi) is 7.84. The van der Waals surface area contributed by atoms with Crippen LogP contribution in [0.25, 0.3) is 23.1 Å². The molecule has 200 valence electrons. The van der Waals surface area contributed by atoms with Gasteiger partial charge >= 0.3 is 5.97 Å². The summed E-state index contributed by atoms with van der Waals surface area (Å²) in [6, 6.07) is 18.0. The molecule has 1 N–H and O–H groups in total. The first-order valence-corrected chi connectivity index (χ1v) is 12.6. The molecule has 0 spiro atoms. The molecule has 0 saturated heterocycles. The minimum atomic E-state index is -1.32.